The second-order valence-corrected chi connectivity index (χ2v) is 3.54. The fourth-order valence-electron chi connectivity index (χ4n) is 1.38. The monoisotopic (exact) mass is 247 g/mol. The second kappa shape index (κ2) is 4.70. The molecule has 0 saturated heterocycles. The van der Waals surface area contributed by atoms with Crippen molar-refractivity contribution in [2.24, 2.45) is 0 Å². The smallest absolute Gasteiger partial charge is 0.354 e. The van der Waals surface area contributed by atoms with E-state index in [0.717, 1.165) is 0 Å². The maximum atomic E-state index is 13.4. The van der Waals surface area contributed by atoms with Crippen molar-refractivity contribution in [3.05, 3.63) is 47.9 Å². The molecule has 0 spiro atoms. The zero-order chi connectivity index (χ0) is 13.1. The number of hydrogen-bond donors (Lipinski definition) is 3. The van der Waals surface area contributed by atoms with Crippen molar-refractivity contribution >= 4 is 23.2 Å². The summed E-state index contributed by atoms with van der Waals surface area (Å²) in [5, 5.41) is 11.5. The number of carboxylic acid groups (broad SMARTS) is 1. The van der Waals surface area contributed by atoms with Crippen molar-refractivity contribution in [3.63, 3.8) is 0 Å². The van der Waals surface area contributed by atoms with Gasteiger partial charge >= 0.3 is 5.97 Å². The first-order valence-corrected chi connectivity index (χ1v) is 5.09. The quantitative estimate of drug-likeness (QED) is 0.774. The summed E-state index contributed by atoms with van der Waals surface area (Å²) < 4.78 is 13.4. The molecule has 0 aliphatic heterocycles. The minimum absolute atomic E-state index is 0.111. The summed E-state index contributed by atoms with van der Waals surface area (Å²) in [7, 11) is 0. The number of rotatable bonds is 3. The highest BCUT2D eigenvalue weighted by atomic mass is 19.1. The zero-order valence-electron chi connectivity index (χ0n) is 9.22. The van der Waals surface area contributed by atoms with Gasteiger partial charge in [-0.3, -0.25) is 0 Å². The van der Waals surface area contributed by atoms with Gasteiger partial charge in [-0.2, -0.15) is 0 Å². The van der Waals surface area contributed by atoms with Crippen LogP contribution in [0.2, 0.25) is 0 Å². The molecule has 0 aliphatic rings. The molecule has 0 saturated carbocycles. The van der Waals surface area contributed by atoms with Crippen molar-refractivity contribution in [2.45, 2.75) is 0 Å². The van der Waals surface area contributed by atoms with Crippen LogP contribution in [0.5, 0.6) is 0 Å². The van der Waals surface area contributed by atoms with E-state index in [2.05, 4.69) is 10.3 Å². The Labute approximate surface area is 102 Å². The number of aromatic nitrogens is 1. The van der Waals surface area contributed by atoms with Gasteiger partial charge in [0, 0.05) is 0 Å². The molecule has 1 aromatic carbocycles. The standard InChI is InChI=1S/C12H10FN3O2/c13-7-3-1-2-4-9(7)15-11-8(14)5-6-10(16-11)12(17)18/h1-6H,14H2,(H,15,16)(H,17,18). The molecule has 0 aliphatic carbocycles. The fourth-order valence-corrected chi connectivity index (χ4v) is 1.38. The first-order chi connectivity index (χ1) is 8.58. The van der Waals surface area contributed by atoms with E-state index in [0.29, 0.717) is 0 Å². The number of carbonyl (C=O) groups is 1. The summed E-state index contributed by atoms with van der Waals surface area (Å²) in [6, 6.07) is 8.65. The van der Waals surface area contributed by atoms with Crippen LogP contribution in [0, 0.1) is 5.82 Å². The van der Waals surface area contributed by atoms with Crippen LogP contribution in [0.15, 0.2) is 36.4 Å². The van der Waals surface area contributed by atoms with E-state index >= 15 is 0 Å². The van der Waals surface area contributed by atoms with E-state index in [-0.39, 0.29) is 22.9 Å². The highest BCUT2D eigenvalue weighted by Gasteiger charge is 2.10. The fraction of sp³-hybridized carbons (Fsp3) is 0. The molecule has 0 atom stereocenters. The largest absolute Gasteiger partial charge is 0.477 e. The molecule has 0 bridgehead atoms. The number of aromatic carboxylic acids is 1. The van der Waals surface area contributed by atoms with Gasteiger partial charge in [0.1, 0.15) is 5.82 Å². The van der Waals surface area contributed by atoms with Crippen molar-refractivity contribution in [1.82, 2.24) is 4.98 Å². The number of benzene rings is 1. The highest BCUT2D eigenvalue weighted by Crippen LogP contribution is 2.23. The van der Waals surface area contributed by atoms with E-state index in [1.54, 1.807) is 12.1 Å². The summed E-state index contributed by atoms with van der Waals surface area (Å²) in [6.07, 6.45) is 0. The molecule has 6 heteroatoms. The number of nitrogens with zero attached hydrogens (tertiary/aromatic N) is 1. The van der Waals surface area contributed by atoms with Gasteiger partial charge < -0.3 is 16.2 Å². The minimum atomic E-state index is -1.17. The minimum Gasteiger partial charge on any atom is -0.477 e. The molecule has 4 N–H and O–H groups in total. The van der Waals surface area contributed by atoms with Crippen LogP contribution in [-0.4, -0.2) is 16.1 Å². The number of nitrogens with one attached hydrogen (secondary N) is 1. The highest BCUT2D eigenvalue weighted by molar-refractivity contribution is 5.87. The second-order valence-electron chi connectivity index (χ2n) is 3.54. The van der Waals surface area contributed by atoms with E-state index in [1.807, 2.05) is 0 Å². The molecule has 92 valence electrons. The Morgan fingerprint density at radius 3 is 2.67 bits per heavy atom. The molecule has 18 heavy (non-hydrogen) atoms. The molecule has 0 fully saturated rings. The maximum absolute atomic E-state index is 13.4. The molecule has 1 aromatic heterocycles. The van der Waals surface area contributed by atoms with E-state index in [9.17, 15) is 9.18 Å². The lowest BCUT2D eigenvalue weighted by molar-refractivity contribution is 0.0690. The van der Waals surface area contributed by atoms with Crippen LogP contribution >= 0.6 is 0 Å². The first-order valence-electron chi connectivity index (χ1n) is 5.09. The normalized spacial score (nSPS) is 10.1. The molecule has 0 unspecified atom stereocenters. The van der Waals surface area contributed by atoms with Crippen molar-refractivity contribution in [2.75, 3.05) is 11.1 Å². The van der Waals surface area contributed by atoms with Crippen LogP contribution in [0.25, 0.3) is 0 Å². The molecular formula is C12H10FN3O2. The number of carboxylic acids is 1. The third-order valence-electron chi connectivity index (χ3n) is 2.27. The van der Waals surface area contributed by atoms with Crippen molar-refractivity contribution < 1.29 is 14.3 Å². The summed E-state index contributed by atoms with van der Waals surface area (Å²) >= 11 is 0. The van der Waals surface area contributed by atoms with Gasteiger partial charge in [-0.15, -0.1) is 0 Å². The van der Waals surface area contributed by atoms with Crippen LogP contribution in [0.4, 0.5) is 21.6 Å². The molecule has 5 nitrogen and oxygen atoms in total. The first kappa shape index (κ1) is 11.8. The average Bonchev–Trinajstić information content (AvgIpc) is 2.34. The van der Waals surface area contributed by atoms with Gasteiger partial charge in [0.05, 0.1) is 11.4 Å². The number of halogens is 1. The lowest BCUT2D eigenvalue weighted by atomic mass is 10.3. The van der Waals surface area contributed by atoms with Crippen LogP contribution in [-0.2, 0) is 0 Å². The van der Waals surface area contributed by atoms with Crippen LogP contribution in [0.3, 0.4) is 0 Å². The van der Waals surface area contributed by atoms with Gasteiger partial charge in [0.2, 0.25) is 0 Å². The summed E-state index contributed by atoms with van der Waals surface area (Å²) in [6.45, 7) is 0. The van der Waals surface area contributed by atoms with Gasteiger partial charge in [-0.25, -0.2) is 14.2 Å². The van der Waals surface area contributed by atoms with Crippen LogP contribution in [0.1, 0.15) is 10.5 Å². The number of nitrogen functional groups attached to an aromatic ring is 1. The average molecular weight is 247 g/mol. The Morgan fingerprint density at radius 2 is 2.00 bits per heavy atom. The zero-order valence-corrected chi connectivity index (χ0v) is 9.22. The Hall–Kier alpha value is -2.63. The van der Waals surface area contributed by atoms with E-state index in [1.165, 1.54) is 24.3 Å². The maximum Gasteiger partial charge on any atom is 0.354 e. The summed E-state index contributed by atoms with van der Waals surface area (Å²) in [5.41, 5.74) is 5.90. The molecule has 2 aromatic rings. The lowest BCUT2D eigenvalue weighted by Gasteiger charge is -2.09. The van der Waals surface area contributed by atoms with Crippen molar-refractivity contribution in [3.8, 4) is 0 Å². The molecule has 2 rings (SSSR count). The topological polar surface area (TPSA) is 88.2 Å². The Bertz CT molecular complexity index is 602. The van der Waals surface area contributed by atoms with Gasteiger partial charge in [0.25, 0.3) is 0 Å². The molecule has 1 heterocycles. The van der Waals surface area contributed by atoms with Crippen molar-refractivity contribution in [1.29, 1.82) is 0 Å². The van der Waals surface area contributed by atoms with Crippen LogP contribution < -0.4 is 11.1 Å². The third kappa shape index (κ3) is 2.37. The predicted molar refractivity (Wildman–Crippen MR) is 65.3 cm³/mol. The number of pyridine rings is 1. The number of anilines is 3. The lowest BCUT2D eigenvalue weighted by Crippen LogP contribution is -2.06. The Kier molecular flexibility index (Phi) is 3.09. The van der Waals surface area contributed by atoms with E-state index < -0.39 is 11.8 Å². The molecule has 0 amide bonds. The van der Waals surface area contributed by atoms with Gasteiger partial charge in [-0.05, 0) is 24.3 Å². The Morgan fingerprint density at radius 1 is 1.28 bits per heavy atom. The number of nitrogens with two attached hydrogens (primary N) is 1. The SMILES string of the molecule is Nc1ccc(C(=O)O)nc1Nc1ccccc1F. The summed E-state index contributed by atoms with van der Waals surface area (Å²) in [5.74, 6) is -1.54. The Balaban J connectivity index is 2.37. The van der Waals surface area contributed by atoms with Gasteiger partial charge in [-0.1, -0.05) is 12.1 Å². The number of para-hydroxylation sites is 1. The van der Waals surface area contributed by atoms with E-state index in [4.69, 9.17) is 10.8 Å². The predicted octanol–water partition coefficient (Wildman–Crippen LogP) is 2.24. The third-order valence-corrected chi connectivity index (χ3v) is 2.27. The van der Waals surface area contributed by atoms with Gasteiger partial charge in [0.15, 0.2) is 11.5 Å². The molecular weight excluding hydrogens is 237 g/mol. The number of hydrogen-bond acceptors (Lipinski definition) is 4. The summed E-state index contributed by atoms with van der Waals surface area (Å²) in [4.78, 5) is 14.6. The molecule has 0 radical (unpaired) electrons.